The molecule has 6 nitrogen and oxygen atoms in total. The third-order valence-corrected chi connectivity index (χ3v) is 3.38. The van der Waals surface area contributed by atoms with Crippen molar-refractivity contribution in [1.29, 1.82) is 0 Å². The minimum atomic E-state index is -0.815. The van der Waals surface area contributed by atoms with Crippen LogP contribution in [-0.2, 0) is 17.6 Å². The summed E-state index contributed by atoms with van der Waals surface area (Å²) in [6.07, 6.45) is 1.12. The fourth-order valence-electron chi connectivity index (χ4n) is 1.76. The van der Waals surface area contributed by atoms with Gasteiger partial charge in [0.2, 0.25) is 5.89 Å². The van der Waals surface area contributed by atoms with Gasteiger partial charge in [-0.05, 0) is 12.8 Å². The van der Waals surface area contributed by atoms with E-state index >= 15 is 0 Å². The van der Waals surface area contributed by atoms with E-state index in [1.807, 2.05) is 19.2 Å². The first-order valence-electron chi connectivity index (χ1n) is 5.97. The van der Waals surface area contributed by atoms with E-state index in [9.17, 15) is 4.79 Å². The van der Waals surface area contributed by atoms with Crippen LogP contribution >= 0.6 is 11.3 Å². The summed E-state index contributed by atoms with van der Waals surface area (Å²) in [5.41, 5.74) is 0.924. The maximum atomic E-state index is 10.6. The van der Waals surface area contributed by atoms with Gasteiger partial charge in [0.05, 0.1) is 17.1 Å². The highest BCUT2D eigenvalue weighted by Gasteiger charge is 2.14. The Bertz CT molecular complexity index is 564. The highest BCUT2D eigenvalue weighted by atomic mass is 32.1. The minimum Gasteiger partial charge on any atom is -0.481 e. The Kier molecular flexibility index (Phi) is 4.26. The molecule has 2 rings (SSSR count). The monoisotopic (exact) mass is 281 g/mol. The Morgan fingerprint density at radius 2 is 2.32 bits per heavy atom. The molecule has 0 bridgehead atoms. The fourth-order valence-corrected chi connectivity index (χ4v) is 2.38. The van der Waals surface area contributed by atoms with Crippen molar-refractivity contribution in [3.63, 3.8) is 0 Å². The molecule has 102 valence electrons. The molecule has 0 spiro atoms. The summed E-state index contributed by atoms with van der Waals surface area (Å²) in [7, 11) is 0. The topological polar surface area (TPSA) is 89.1 Å². The number of carboxylic acids is 1. The van der Waals surface area contributed by atoms with Gasteiger partial charge in [0.25, 0.3) is 0 Å². The standard InChI is InChI=1S/C12H15N3O3S/c1-7(4-12(16)17)3-11-14-10(15-18-11)5-9-6-19-8(2)13-9/h6-7H,3-5H2,1-2H3,(H,16,17). The lowest BCUT2D eigenvalue weighted by Crippen LogP contribution is -2.07. The average molecular weight is 281 g/mol. The molecule has 0 saturated heterocycles. The number of thiazole rings is 1. The third-order valence-electron chi connectivity index (χ3n) is 2.56. The zero-order valence-corrected chi connectivity index (χ0v) is 11.6. The second kappa shape index (κ2) is 5.92. The normalized spacial score (nSPS) is 12.5. The third kappa shape index (κ3) is 4.13. The van der Waals surface area contributed by atoms with Crippen LogP contribution in [0.1, 0.15) is 35.8 Å². The van der Waals surface area contributed by atoms with Crippen LogP contribution in [0, 0.1) is 12.8 Å². The molecule has 2 aromatic heterocycles. The predicted octanol–water partition coefficient (Wildman–Crippen LogP) is 2.08. The lowest BCUT2D eigenvalue weighted by Gasteiger charge is -2.03. The quantitative estimate of drug-likeness (QED) is 0.872. The summed E-state index contributed by atoms with van der Waals surface area (Å²) >= 11 is 1.59. The van der Waals surface area contributed by atoms with E-state index < -0.39 is 5.97 Å². The average Bonchev–Trinajstić information content (AvgIpc) is 2.88. The molecule has 0 aromatic carbocycles. The fraction of sp³-hybridized carbons (Fsp3) is 0.500. The molecule has 0 amide bonds. The Morgan fingerprint density at radius 1 is 1.53 bits per heavy atom. The van der Waals surface area contributed by atoms with Gasteiger partial charge >= 0.3 is 5.97 Å². The second-order valence-corrected chi connectivity index (χ2v) is 5.61. The van der Waals surface area contributed by atoms with Gasteiger partial charge in [-0.3, -0.25) is 4.79 Å². The second-order valence-electron chi connectivity index (χ2n) is 4.55. The maximum absolute atomic E-state index is 10.6. The summed E-state index contributed by atoms with van der Waals surface area (Å²) in [4.78, 5) is 19.2. The zero-order valence-electron chi connectivity index (χ0n) is 10.8. The number of nitrogens with zero attached hydrogens (tertiary/aromatic N) is 3. The van der Waals surface area contributed by atoms with Gasteiger partial charge in [-0.2, -0.15) is 4.98 Å². The van der Waals surface area contributed by atoms with E-state index in [2.05, 4.69) is 15.1 Å². The van der Waals surface area contributed by atoms with Crippen LogP contribution in [-0.4, -0.2) is 26.2 Å². The Hall–Kier alpha value is -1.76. The number of carboxylic acid groups (broad SMARTS) is 1. The van der Waals surface area contributed by atoms with E-state index in [4.69, 9.17) is 9.63 Å². The number of aliphatic carboxylic acids is 1. The van der Waals surface area contributed by atoms with Gasteiger partial charge in [-0.1, -0.05) is 12.1 Å². The number of carbonyl (C=O) groups is 1. The van der Waals surface area contributed by atoms with Gasteiger partial charge in [0.1, 0.15) is 0 Å². The molecule has 7 heteroatoms. The minimum absolute atomic E-state index is 0.0210. The van der Waals surface area contributed by atoms with Crippen molar-refractivity contribution < 1.29 is 14.4 Å². The molecule has 1 N–H and O–H groups in total. The van der Waals surface area contributed by atoms with Crippen molar-refractivity contribution in [2.75, 3.05) is 0 Å². The van der Waals surface area contributed by atoms with Gasteiger partial charge in [0, 0.05) is 18.2 Å². The SMILES string of the molecule is Cc1nc(Cc2noc(CC(C)CC(=O)O)n2)cs1. The molecule has 1 atom stereocenters. The van der Waals surface area contributed by atoms with Crippen molar-refractivity contribution in [1.82, 2.24) is 15.1 Å². The number of hydrogen-bond acceptors (Lipinski definition) is 6. The van der Waals surface area contributed by atoms with E-state index in [0.29, 0.717) is 24.6 Å². The highest BCUT2D eigenvalue weighted by molar-refractivity contribution is 7.09. The number of rotatable bonds is 6. The number of aryl methyl sites for hydroxylation is 1. The first-order valence-corrected chi connectivity index (χ1v) is 6.85. The van der Waals surface area contributed by atoms with Crippen LogP contribution in [0.5, 0.6) is 0 Å². The number of hydrogen-bond donors (Lipinski definition) is 1. The van der Waals surface area contributed by atoms with Crippen LogP contribution in [0.4, 0.5) is 0 Å². The molecule has 1 unspecified atom stereocenters. The predicted molar refractivity (Wildman–Crippen MR) is 69.1 cm³/mol. The van der Waals surface area contributed by atoms with Crippen molar-refractivity contribution in [2.45, 2.75) is 33.1 Å². The molecule has 2 aromatic rings. The van der Waals surface area contributed by atoms with Crippen LogP contribution in [0.3, 0.4) is 0 Å². The summed E-state index contributed by atoms with van der Waals surface area (Å²) in [5.74, 6) is 0.232. The molecule has 0 fully saturated rings. The van der Waals surface area contributed by atoms with Crippen molar-refractivity contribution in [3.8, 4) is 0 Å². The smallest absolute Gasteiger partial charge is 0.303 e. The molecule has 19 heavy (non-hydrogen) atoms. The largest absolute Gasteiger partial charge is 0.481 e. The summed E-state index contributed by atoms with van der Waals surface area (Å²) < 4.78 is 5.12. The maximum Gasteiger partial charge on any atom is 0.303 e. The molecular formula is C12H15N3O3S. The molecule has 0 aliphatic rings. The van der Waals surface area contributed by atoms with Crippen LogP contribution in [0.25, 0.3) is 0 Å². The zero-order chi connectivity index (χ0) is 13.8. The summed E-state index contributed by atoms with van der Waals surface area (Å²) in [5, 5.41) is 15.6. The molecule has 0 aliphatic carbocycles. The van der Waals surface area contributed by atoms with Crippen molar-refractivity contribution >= 4 is 17.3 Å². The molecular weight excluding hydrogens is 266 g/mol. The molecule has 0 radical (unpaired) electrons. The van der Waals surface area contributed by atoms with Crippen LogP contribution in [0.15, 0.2) is 9.90 Å². The lowest BCUT2D eigenvalue weighted by atomic mass is 10.0. The first-order chi connectivity index (χ1) is 9.02. The van der Waals surface area contributed by atoms with Crippen molar-refractivity contribution in [2.24, 2.45) is 5.92 Å². The van der Waals surface area contributed by atoms with E-state index in [-0.39, 0.29) is 12.3 Å². The lowest BCUT2D eigenvalue weighted by molar-refractivity contribution is -0.137. The molecule has 2 heterocycles. The van der Waals surface area contributed by atoms with E-state index in [1.54, 1.807) is 11.3 Å². The van der Waals surface area contributed by atoms with Crippen molar-refractivity contribution in [3.05, 3.63) is 27.8 Å². The van der Waals surface area contributed by atoms with Gasteiger partial charge in [-0.25, -0.2) is 4.98 Å². The summed E-state index contributed by atoms with van der Waals surface area (Å²) in [6.45, 7) is 3.80. The Morgan fingerprint density at radius 3 is 2.95 bits per heavy atom. The van der Waals surface area contributed by atoms with Crippen LogP contribution in [0.2, 0.25) is 0 Å². The highest BCUT2D eigenvalue weighted by Crippen LogP contribution is 2.14. The number of aromatic nitrogens is 3. The molecule has 0 aliphatic heterocycles. The van der Waals surface area contributed by atoms with Gasteiger partial charge in [0.15, 0.2) is 5.82 Å². The molecule has 0 saturated carbocycles. The Labute approximate surface area is 114 Å². The first kappa shape index (κ1) is 13.7. The van der Waals surface area contributed by atoms with Crippen LogP contribution < -0.4 is 0 Å². The Balaban J connectivity index is 1.93. The van der Waals surface area contributed by atoms with E-state index in [1.165, 1.54) is 0 Å². The van der Waals surface area contributed by atoms with E-state index in [0.717, 1.165) is 10.7 Å². The van der Waals surface area contributed by atoms with Gasteiger partial charge < -0.3 is 9.63 Å². The summed E-state index contributed by atoms with van der Waals surface area (Å²) in [6, 6.07) is 0. The van der Waals surface area contributed by atoms with Gasteiger partial charge in [-0.15, -0.1) is 11.3 Å².